The van der Waals surface area contributed by atoms with Crippen molar-refractivity contribution in [2.45, 2.75) is 89.3 Å². The fourth-order valence-corrected chi connectivity index (χ4v) is 8.00. The summed E-state index contributed by atoms with van der Waals surface area (Å²) in [5, 5.41) is 23.4. The number of carbonyl (C=O) groups is 5. The van der Waals surface area contributed by atoms with Gasteiger partial charge in [-0.1, -0.05) is 117 Å². The molecule has 18 heteroatoms. The van der Waals surface area contributed by atoms with E-state index in [0.717, 1.165) is 23.8 Å². The molecule has 5 aromatic carbocycles. The van der Waals surface area contributed by atoms with Crippen LogP contribution in [0.1, 0.15) is 40.7 Å². The standard InChI is InChI=1S/C53H63N5O12Si/c1-54-44(22-15-27-55-52(62)69-35-38-18-11-7-12-19-38)49(59)56-45(50(60)66-2)32-42-30-40(23-25-47(42)58(64)65)41-24-26-48(68-34-37-16-9-6-10-17-37)43(31-41)33-46(51(61)67-28-29-71(3,4)5)57-53(63)70-36-39-20-13-8-14-21-39/h6-14,16-21,23-26,30-31,44-46,54H,15,22,27-29,32-36H2,1-5H3,(H,55,62)(H,56,59)(H,57,63)/t44-,45-,46-/m0/s1. The van der Waals surface area contributed by atoms with Gasteiger partial charge in [0.1, 0.15) is 37.7 Å². The number of esters is 2. The summed E-state index contributed by atoms with van der Waals surface area (Å²) < 4.78 is 27.9. The zero-order chi connectivity index (χ0) is 51.2. The van der Waals surface area contributed by atoms with Crippen molar-refractivity contribution >= 4 is 43.8 Å². The smallest absolute Gasteiger partial charge is 0.408 e. The molecule has 0 fully saturated rings. The molecule has 0 saturated heterocycles. The molecule has 0 aromatic heterocycles. The number of benzene rings is 5. The van der Waals surface area contributed by atoms with Crippen molar-refractivity contribution in [2.24, 2.45) is 0 Å². The van der Waals surface area contributed by atoms with Crippen molar-refractivity contribution < 1.29 is 52.6 Å². The molecule has 4 N–H and O–H groups in total. The highest BCUT2D eigenvalue weighted by atomic mass is 28.3. The first kappa shape index (κ1) is 54.4. The van der Waals surface area contributed by atoms with Crippen LogP contribution in [0.3, 0.4) is 0 Å². The van der Waals surface area contributed by atoms with Crippen LogP contribution in [0, 0.1) is 10.1 Å². The summed E-state index contributed by atoms with van der Waals surface area (Å²) in [5.74, 6) is -1.64. The molecule has 3 amide bonds. The molecule has 0 aliphatic heterocycles. The average Bonchev–Trinajstić information content (AvgIpc) is 3.36. The van der Waals surface area contributed by atoms with Gasteiger partial charge in [-0.3, -0.25) is 14.9 Å². The van der Waals surface area contributed by atoms with Crippen LogP contribution < -0.4 is 26.0 Å². The third-order valence-corrected chi connectivity index (χ3v) is 13.0. The summed E-state index contributed by atoms with van der Waals surface area (Å²) in [4.78, 5) is 78.1. The molecule has 376 valence electrons. The molecule has 0 heterocycles. The largest absolute Gasteiger partial charge is 0.489 e. The van der Waals surface area contributed by atoms with E-state index in [0.29, 0.717) is 34.9 Å². The van der Waals surface area contributed by atoms with Crippen molar-refractivity contribution in [3.8, 4) is 16.9 Å². The molecule has 0 aliphatic rings. The Bertz CT molecular complexity index is 2540. The quantitative estimate of drug-likeness (QED) is 0.0103. The first-order valence-electron chi connectivity index (χ1n) is 23.3. The highest BCUT2D eigenvalue weighted by molar-refractivity contribution is 6.76. The summed E-state index contributed by atoms with van der Waals surface area (Å²) in [6, 6.07) is 34.8. The minimum atomic E-state index is -1.60. The van der Waals surface area contributed by atoms with E-state index >= 15 is 0 Å². The van der Waals surface area contributed by atoms with E-state index in [4.69, 9.17) is 23.7 Å². The molecule has 17 nitrogen and oxygen atoms in total. The lowest BCUT2D eigenvalue weighted by Gasteiger charge is -2.22. The Morgan fingerprint density at radius 1 is 0.634 bits per heavy atom. The number of nitro groups is 1. The molecule has 0 aliphatic carbocycles. The number of likely N-dealkylation sites (N-methyl/N-ethyl adjacent to an activating group) is 1. The minimum absolute atomic E-state index is 0.0304. The van der Waals surface area contributed by atoms with Crippen LogP contribution in [0.5, 0.6) is 5.75 Å². The van der Waals surface area contributed by atoms with Gasteiger partial charge in [-0.15, -0.1) is 0 Å². The van der Waals surface area contributed by atoms with Crippen LogP contribution in [-0.4, -0.2) is 88.5 Å². The normalized spacial score (nSPS) is 12.3. The Labute approximate surface area is 415 Å². The number of hydrogen-bond donors (Lipinski definition) is 4. The Morgan fingerprint density at radius 2 is 1.17 bits per heavy atom. The lowest BCUT2D eigenvalue weighted by Crippen LogP contribution is -2.50. The van der Waals surface area contributed by atoms with Gasteiger partial charge in [0.05, 0.1) is 24.7 Å². The third kappa shape index (κ3) is 18.4. The van der Waals surface area contributed by atoms with Gasteiger partial charge in [-0.05, 0) is 83.6 Å². The fraction of sp³-hybridized carbons (Fsp3) is 0.340. The summed E-state index contributed by atoms with van der Waals surface area (Å²) in [6.07, 6.45) is -1.18. The van der Waals surface area contributed by atoms with Gasteiger partial charge in [0.15, 0.2) is 0 Å². The minimum Gasteiger partial charge on any atom is -0.489 e. The average molecular weight is 990 g/mol. The maximum absolute atomic E-state index is 13.8. The van der Waals surface area contributed by atoms with Crippen molar-refractivity contribution in [2.75, 3.05) is 27.3 Å². The second-order valence-corrected chi connectivity index (χ2v) is 23.5. The molecule has 0 spiro atoms. The van der Waals surface area contributed by atoms with Crippen LogP contribution in [0.4, 0.5) is 15.3 Å². The zero-order valence-corrected chi connectivity index (χ0v) is 41.8. The van der Waals surface area contributed by atoms with Crippen molar-refractivity contribution in [1.82, 2.24) is 21.3 Å². The number of ether oxygens (including phenoxy) is 5. The summed E-state index contributed by atoms with van der Waals surface area (Å²) >= 11 is 0. The van der Waals surface area contributed by atoms with Gasteiger partial charge in [-0.25, -0.2) is 19.2 Å². The van der Waals surface area contributed by atoms with Crippen LogP contribution in [-0.2, 0) is 66.0 Å². The van der Waals surface area contributed by atoms with Crippen LogP contribution >= 0.6 is 0 Å². The van der Waals surface area contributed by atoms with E-state index in [1.807, 2.05) is 91.0 Å². The predicted molar refractivity (Wildman–Crippen MR) is 270 cm³/mol. The van der Waals surface area contributed by atoms with E-state index in [1.165, 1.54) is 6.07 Å². The monoisotopic (exact) mass is 989 g/mol. The Morgan fingerprint density at radius 3 is 1.73 bits per heavy atom. The van der Waals surface area contributed by atoms with Crippen LogP contribution in [0.15, 0.2) is 127 Å². The maximum Gasteiger partial charge on any atom is 0.408 e. The van der Waals surface area contributed by atoms with Gasteiger partial charge in [-0.2, -0.15) is 0 Å². The lowest BCUT2D eigenvalue weighted by atomic mass is 9.95. The van der Waals surface area contributed by atoms with E-state index in [9.17, 15) is 34.1 Å². The molecule has 0 bridgehead atoms. The van der Waals surface area contributed by atoms with E-state index in [-0.39, 0.29) is 63.5 Å². The Balaban J connectivity index is 1.38. The second kappa shape index (κ2) is 27.6. The number of alkyl carbamates (subject to hydrolysis) is 2. The van der Waals surface area contributed by atoms with Gasteiger partial charge < -0.3 is 45.0 Å². The van der Waals surface area contributed by atoms with Crippen molar-refractivity contribution in [3.05, 3.63) is 165 Å². The number of amides is 3. The molecular formula is C53H63N5O12Si. The second-order valence-electron chi connectivity index (χ2n) is 17.9. The summed E-state index contributed by atoms with van der Waals surface area (Å²) in [5.41, 5.74) is 3.87. The van der Waals surface area contributed by atoms with E-state index < -0.39 is 61.2 Å². The van der Waals surface area contributed by atoms with Crippen LogP contribution in [0.2, 0.25) is 25.7 Å². The van der Waals surface area contributed by atoms with Crippen molar-refractivity contribution in [3.63, 3.8) is 0 Å². The van der Waals surface area contributed by atoms with E-state index in [2.05, 4.69) is 40.9 Å². The third-order valence-electron chi connectivity index (χ3n) is 11.3. The maximum atomic E-state index is 13.8. The molecule has 0 radical (unpaired) electrons. The number of methoxy groups -OCH3 is 1. The van der Waals surface area contributed by atoms with Crippen molar-refractivity contribution in [1.29, 1.82) is 0 Å². The number of hydrogen-bond acceptors (Lipinski definition) is 13. The predicted octanol–water partition coefficient (Wildman–Crippen LogP) is 8.05. The molecule has 5 aromatic rings. The number of nitro benzene ring substituents is 1. The zero-order valence-electron chi connectivity index (χ0n) is 40.8. The first-order valence-corrected chi connectivity index (χ1v) is 27.0. The summed E-state index contributed by atoms with van der Waals surface area (Å²) in [6.45, 7) is 7.11. The molecule has 71 heavy (non-hydrogen) atoms. The summed E-state index contributed by atoms with van der Waals surface area (Å²) in [7, 11) is 1.13. The first-order chi connectivity index (χ1) is 34.1. The highest BCUT2D eigenvalue weighted by Gasteiger charge is 2.30. The van der Waals surface area contributed by atoms with Gasteiger partial charge >= 0.3 is 24.1 Å². The topological polar surface area (TPSA) is 223 Å². The molecule has 0 saturated carbocycles. The number of carbonyl (C=O) groups excluding carboxylic acids is 5. The molecule has 0 unspecified atom stereocenters. The lowest BCUT2D eigenvalue weighted by molar-refractivity contribution is -0.385. The van der Waals surface area contributed by atoms with Gasteiger partial charge in [0, 0.05) is 39.1 Å². The van der Waals surface area contributed by atoms with Gasteiger partial charge in [0.2, 0.25) is 5.91 Å². The number of nitrogens with zero attached hydrogens (tertiary/aromatic N) is 1. The number of rotatable bonds is 26. The molecular weight excluding hydrogens is 927 g/mol. The van der Waals surface area contributed by atoms with Gasteiger partial charge in [0.25, 0.3) is 5.69 Å². The SMILES string of the molecule is CN[C@@H](CCCNC(=O)OCc1ccccc1)C(=O)N[C@@H](Cc1cc(-c2ccc(OCc3ccccc3)c(C[C@H](NC(=O)OCc3ccccc3)C(=O)OCC[Si](C)(C)C)c2)ccc1[N+](=O)[O-])C(=O)OC. The van der Waals surface area contributed by atoms with Crippen LogP contribution in [0.25, 0.3) is 11.1 Å². The molecule has 3 atom stereocenters. The fourth-order valence-electron chi connectivity index (χ4n) is 7.29. The Kier molecular flexibility index (Phi) is 21.1. The number of nitrogens with one attached hydrogen (secondary N) is 4. The Hall–Kier alpha value is -7.57. The van der Waals surface area contributed by atoms with E-state index in [1.54, 1.807) is 37.4 Å². The molecule has 5 rings (SSSR count). The highest BCUT2D eigenvalue weighted by Crippen LogP contribution is 2.32.